The molecule has 0 atom stereocenters. The summed E-state index contributed by atoms with van der Waals surface area (Å²) in [5.41, 5.74) is 1.71. The Bertz CT molecular complexity index is 962. The second kappa shape index (κ2) is 18.8. The van der Waals surface area contributed by atoms with Gasteiger partial charge in [-0.25, -0.2) is 0 Å². The molecule has 1 heterocycles. The van der Waals surface area contributed by atoms with Gasteiger partial charge in [0, 0.05) is 19.3 Å². The largest absolute Gasteiger partial charge is 0.872 e. The van der Waals surface area contributed by atoms with E-state index in [0.29, 0.717) is 19.6 Å². The molecule has 0 aliphatic carbocycles. The standard InChI is InChI=1S/C38H65NO5/c1-8-9-10-11-12-13-14-15-16-17-18-21-34(40)43-26-24-39(22-19-20-23-39)25-27-44-35(41)30-31-28-32(37(2,3)4)36(42)33(29-31)38(5,6)7/h28-29H,8-27,30H2,1-7H3. The van der Waals surface area contributed by atoms with Crippen molar-refractivity contribution in [3.63, 3.8) is 0 Å². The van der Waals surface area contributed by atoms with E-state index in [0.717, 1.165) is 73.0 Å². The average molecular weight is 616 g/mol. The SMILES string of the molecule is CCCCCCCCCCCCCC(=O)OCC[N+]1(CCOC(=O)Cc2cc(C(C)(C)C)c([O-])c(C(C)(C)C)c2)CCCC1. The van der Waals surface area contributed by atoms with Crippen LogP contribution in [0.1, 0.15) is 155 Å². The minimum absolute atomic E-state index is 0.0714. The average Bonchev–Trinajstić information content (AvgIpc) is 3.40. The summed E-state index contributed by atoms with van der Waals surface area (Å²) in [6.07, 6.45) is 16.9. The summed E-state index contributed by atoms with van der Waals surface area (Å²) in [7, 11) is 0. The van der Waals surface area contributed by atoms with Gasteiger partial charge in [0.25, 0.3) is 0 Å². The van der Waals surface area contributed by atoms with Crippen LogP contribution < -0.4 is 5.11 Å². The molecular weight excluding hydrogens is 550 g/mol. The highest BCUT2D eigenvalue weighted by atomic mass is 16.5. The van der Waals surface area contributed by atoms with Crippen molar-refractivity contribution < 1.29 is 28.7 Å². The third-order valence-electron chi connectivity index (χ3n) is 9.27. The third-order valence-corrected chi connectivity index (χ3v) is 9.27. The van der Waals surface area contributed by atoms with Gasteiger partial charge in [-0.15, -0.1) is 5.75 Å². The Balaban J connectivity index is 1.71. The molecule has 1 fully saturated rings. The van der Waals surface area contributed by atoms with Crippen molar-refractivity contribution in [1.29, 1.82) is 0 Å². The van der Waals surface area contributed by atoms with Gasteiger partial charge in [0.05, 0.1) is 19.5 Å². The van der Waals surface area contributed by atoms with Gasteiger partial charge < -0.3 is 19.1 Å². The summed E-state index contributed by atoms with van der Waals surface area (Å²) in [5, 5.41) is 13.2. The van der Waals surface area contributed by atoms with Gasteiger partial charge in [0.1, 0.15) is 26.3 Å². The molecule has 252 valence electrons. The molecule has 0 unspecified atom stereocenters. The zero-order valence-corrected chi connectivity index (χ0v) is 29.5. The number of hydrogen-bond donors (Lipinski definition) is 0. The number of ether oxygens (including phenoxy) is 2. The fraction of sp³-hybridized carbons (Fsp3) is 0.789. The van der Waals surface area contributed by atoms with E-state index in [-0.39, 0.29) is 34.9 Å². The van der Waals surface area contributed by atoms with Crippen molar-refractivity contribution in [2.75, 3.05) is 39.4 Å². The summed E-state index contributed by atoms with van der Waals surface area (Å²) in [4.78, 5) is 25.2. The second-order valence-corrected chi connectivity index (χ2v) is 15.4. The van der Waals surface area contributed by atoms with Gasteiger partial charge in [-0.1, -0.05) is 125 Å². The summed E-state index contributed by atoms with van der Waals surface area (Å²) in [6.45, 7) is 18.8. The Morgan fingerprint density at radius 1 is 0.705 bits per heavy atom. The van der Waals surface area contributed by atoms with Gasteiger partial charge in [0.15, 0.2) is 0 Å². The Kier molecular flexibility index (Phi) is 16.3. The number of esters is 2. The maximum absolute atomic E-state index is 13.2. The molecule has 0 aromatic heterocycles. The zero-order valence-electron chi connectivity index (χ0n) is 29.5. The van der Waals surface area contributed by atoms with Crippen LogP contribution in [0.4, 0.5) is 0 Å². The Morgan fingerprint density at radius 2 is 1.14 bits per heavy atom. The lowest BCUT2D eigenvalue weighted by Crippen LogP contribution is -2.50. The number of rotatable bonds is 20. The number of unbranched alkanes of at least 4 members (excludes halogenated alkanes) is 10. The molecule has 1 aliphatic heterocycles. The van der Waals surface area contributed by atoms with E-state index in [9.17, 15) is 14.7 Å². The van der Waals surface area contributed by atoms with Crippen LogP contribution >= 0.6 is 0 Å². The van der Waals surface area contributed by atoms with E-state index in [2.05, 4.69) is 6.92 Å². The molecule has 1 aliphatic rings. The van der Waals surface area contributed by atoms with Crippen molar-refractivity contribution in [2.24, 2.45) is 0 Å². The van der Waals surface area contributed by atoms with Crippen molar-refractivity contribution in [3.8, 4) is 5.75 Å². The molecule has 1 aromatic carbocycles. The number of carbonyl (C=O) groups is 2. The molecule has 0 N–H and O–H groups in total. The first-order valence-electron chi connectivity index (χ1n) is 17.8. The summed E-state index contributed by atoms with van der Waals surface area (Å²) in [5.74, 6) is -0.278. The van der Waals surface area contributed by atoms with Crippen LogP contribution in [0, 0.1) is 0 Å². The van der Waals surface area contributed by atoms with Crippen LogP contribution in [0.2, 0.25) is 0 Å². The molecule has 0 saturated carbocycles. The molecule has 1 aromatic rings. The number of carbonyl (C=O) groups excluding carboxylic acids is 2. The Labute approximate surface area is 269 Å². The fourth-order valence-electron chi connectivity index (χ4n) is 6.40. The number of benzene rings is 1. The van der Waals surface area contributed by atoms with E-state index in [1.54, 1.807) is 0 Å². The molecule has 0 radical (unpaired) electrons. The topological polar surface area (TPSA) is 75.7 Å². The van der Waals surface area contributed by atoms with Crippen LogP contribution in [0.15, 0.2) is 12.1 Å². The van der Waals surface area contributed by atoms with Gasteiger partial charge >= 0.3 is 11.9 Å². The first-order chi connectivity index (χ1) is 20.8. The predicted octanol–water partition coefficient (Wildman–Crippen LogP) is 8.30. The highest BCUT2D eigenvalue weighted by Crippen LogP contribution is 2.38. The van der Waals surface area contributed by atoms with Crippen LogP contribution in [0.3, 0.4) is 0 Å². The van der Waals surface area contributed by atoms with E-state index in [4.69, 9.17) is 9.47 Å². The molecule has 0 bridgehead atoms. The smallest absolute Gasteiger partial charge is 0.310 e. The van der Waals surface area contributed by atoms with E-state index in [1.807, 2.05) is 53.7 Å². The quantitative estimate of drug-likeness (QED) is 0.0838. The lowest BCUT2D eigenvalue weighted by atomic mass is 9.78. The van der Waals surface area contributed by atoms with E-state index >= 15 is 0 Å². The molecule has 44 heavy (non-hydrogen) atoms. The van der Waals surface area contributed by atoms with Crippen LogP contribution in [0.25, 0.3) is 0 Å². The van der Waals surface area contributed by atoms with Gasteiger partial charge in [-0.2, -0.15) is 0 Å². The minimum atomic E-state index is -0.306. The van der Waals surface area contributed by atoms with Crippen LogP contribution in [-0.4, -0.2) is 55.8 Å². The van der Waals surface area contributed by atoms with Gasteiger partial charge in [-0.3, -0.25) is 9.59 Å². The van der Waals surface area contributed by atoms with Gasteiger partial charge in [0.2, 0.25) is 0 Å². The maximum atomic E-state index is 13.2. The van der Waals surface area contributed by atoms with Crippen LogP contribution in [-0.2, 0) is 36.3 Å². The highest BCUT2D eigenvalue weighted by molar-refractivity contribution is 5.73. The lowest BCUT2D eigenvalue weighted by molar-refractivity contribution is -0.917. The monoisotopic (exact) mass is 615 g/mol. The number of nitrogens with zero attached hydrogens (tertiary/aromatic N) is 1. The van der Waals surface area contributed by atoms with Gasteiger partial charge in [-0.05, 0) is 33.9 Å². The lowest BCUT2D eigenvalue weighted by Gasteiger charge is -2.34. The maximum Gasteiger partial charge on any atom is 0.310 e. The van der Waals surface area contributed by atoms with Crippen molar-refractivity contribution in [1.82, 2.24) is 0 Å². The number of hydrogen-bond acceptors (Lipinski definition) is 5. The molecule has 0 amide bonds. The van der Waals surface area contributed by atoms with E-state index < -0.39 is 0 Å². The molecule has 1 saturated heterocycles. The molecule has 0 spiro atoms. The molecule has 6 heteroatoms. The Hall–Kier alpha value is -2.08. The first-order valence-corrected chi connectivity index (χ1v) is 17.8. The summed E-state index contributed by atoms with van der Waals surface area (Å²) >= 11 is 0. The third kappa shape index (κ3) is 13.9. The number of quaternary nitrogens is 1. The van der Waals surface area contributed by atoms with Crippen molar-refractivity contribution in [3.05, 3.63) is 28.8 Å². The minimum Gasteiger partial charge on any atom is -0.872 e. The fourth-order valence-corrected chi connectivity index (χ4v) is 6.40. The molecule has 6 nitrogen and oxygen atoms in total. The zero-order chi connectivity index (χ0) is 32.6. The van der Waals surface area contributed by atoms with Crippen LogP contribution in [0.5, 0.6) is 5.75 Å². The number of likely N-dealkylation sites (tertiary alicyclic amines) is 1. The summed E-state index contributed by atoms with van der Waals surface area (Å²) < 4.78 is 12.2. The van der Waals surface area contributed by atoms with Crippen molar-refractivity contribution >= 4 is 11.9 Å². The van der Waals surface area contributed by atoms with E-state index in [1.165, 1.54) is 57.8 Å². The first kappa shape index (κ1) is 38.1. The Morgan fingerprint density at radius 3 is 1.59 bits per heavy atom. The second-order valence-electron chi connectivity index (χ2n) is 15.4. The molecule has 2 rings (SSSR count). The normalized spacial score (nSPS) is 15.0. The predicted molar refractivity (Wildman–Crippen MR) is 179 cm³/mol. The molecular formula is C38H65NO5. The summed E-state index contributed by atoms with van der Waals surface area (Å²) in [6, 6.07) is 3.77. The van der Waals surface area contributed by atoms with Crippen molar-refractivity contribution in [2.45, 2.75) is 156 Å². The highest BCUT2D eigenvalue weighted by Gasteiger charge is 2.32.